The highest BCUT2D eigenvalue weighted by atomic mass is 32.1. The van der Waals surface area contributed by atoms with Gasteiger partial charge >= 0.3 is 0 Å². The minimum absolute atomic E-state index is 0.938. The van der Waals surface area contributed by atoms with E-state index in [1.165, 1.54) is 74.7 Å². The van der Waals surface area contributed by atoms with Gasteiger partial charge < -0.3 is 4.42 Å². The van der Waals surface area contributed by atoms with Gasteiger partial charge in [-0.1, -0.05) is 91.0 Å². The van der Waals surface area contributed by atoms with Gasteiger partial charge in [0.2, 0.25) is 0 Å². The van der Waals surface area contributed by atoms with Gasteiger partial charge in [-0.25, -0.2) is 0 Å². The first kappa shape index (κ1) is 22.0. The summed E-state index contributed by atoms with van der Waals surface area (Å²) in [6.45, 7) is 0. The lowest BCUT2D eigenvalue weighted by atomic mass is 9.85. The van der Waals surface area contributed by atoms with E-state index < -0.39 is 0 Å². The second-order valence-electron chi connectivity index (χ2n) is 10.5. The maximum absolute atomic E-state index is 5.76. The van der Waals surface area contributed by atoms with E-state index in [1.54, 1.807) is 6.26 Å². The summed E-state index contributed by atoms with van der Waals surface area (Å²) in [5.41, 5.74) is 6.01. The van der Waals surface area contributed by atoms with Crippen LogP contribution in [0.4, 0.5) is 0 Å². The summed E-state index contributed by atoms with van der Waals surface area (Å²) in [6.07, 6.45) is 1.78. The standard InChI is InChI=1S/C38H22OS/c1-2-8-24-19-26(14-13-23(24)7-1)37-28-9-3-5-11-30(28)38(31-12-6-4-10-29(31)37)27-15-16-35-32(20-27)33-22-34-25(17-18-39-34)21-36(33)40-35/h1-22H. The molecule has 0 aliphatic carbocycles. The molecular formula is C38H22OS. The average molecular weight is 527 g/mol. The van der Waals surface area contributed by atoms with Crippen molar-refractivity contribution < 1.29 is 4.42 Å². The van der Waals surface area contributed by atoms with E-state index in [0.29, 0.717) is 0 Å². The first-order valence-electron chi connectivity index (χ1n) is 13.6. The summed E-state index contributed by atoms with van der Waals surface area (Å²) in [6, 6.07) is 46.7. The first-order chi connectivity index (χ1) is 19.8. The second kappa shape index (κ2) is 8.29. The highest BCUT2D eigenvalue weighted by molar-refractivity contribution is 7.25. The Morgan fingerprint density at radius 1 is 0.400 bits per heavy atom. The predicted octanol–water partition coefficient (Wildman–Crippen LogP) is 11.6. The predicted molar refractivity (Wildman–Crippen MR) is 172 cm³/mol. The normalized spacial score (nSPS) is 12.0. The van der Waals surface area contributed by atoms with Crippen LogP contribution >= 0.6 is 11.3 Å². The quantitative estimate of drug-likeness (QED) is 0.204. The van der Waals surface area contributed by atoms with E-state index in [0.717, 1.165) is 11.0 Å². The Balaban J connectivity index is 1.37. The molecule has 9 rings (SSSR count). The Morgan fingerprint density at radius 2 is 1.00 bits per heavy atom. The van der Waals surface area contributed by atoms with Gasteiger partial charge in [0.25, 0.3) is 0 Å². The number of hydrogen-bond acceptors (Lipinski definition) is 2. The van der Waals surface area contributed by atoms with Crippen molar-refractivity contribution in [2.45, 2.75) is 0 Å². The summed E-state index contributed by atoms with van der Waals surface area (Å²) in [7, 11) is 0. The van der Waals surface area contributed by atoms with Crippen molar-refractivity contribution in [1.29, 1.82) is 0 Å². The van der Waals surface area contributed by atoms with Crippen LogP contribution in [-0.2, 0) is 0 Å². The lowest BCUT2D eigenvalue weighted by Gasteiger charge is -2.18. The van der Waals surface area contributed by atoms with Crippen LogP contribution < -0.4 is 0 Å². The zero-order valence-electron chi connectivity index (χ0n) is 21.5. The number of fused-ring (bicyclic) bond motifs is 7. The molecule has 40 heavy (non-hydrogen) atoms. The maximum Gasteiger partial charge on any atom is 0.134 e. The van der Waals surface area contributed by atoms with Crippen LogP contribution in [0, 0.1) is 0 Å². The molecule has 2 heterocycles. The van der Waals surface area contributed by atoms with Crippen LogP contribution in [0.25, 0.3) is 85.7 Å². The topological polar surface area (TPSA) is 13.1 Å². The third kappa shape index (κ3) is 3.14. The zero-order valence-corrected chi connectivity index (χ0v) is 22.3. The smallest absolute Gasteiger partial charge is 0.134 e. The highest BCUT2D eigenvalue weighted by Crippen LogP contribution is 2.46. The third-order valence-electron chi connectivity index (χ3n) is 8.30. The molecule has 0 spiro atoms. The summed E-state index contributed by atoms with van der Waals surface area (Å²) < 4.78 is 8.35. The Kier molecular flexibility index (Phi) is 4.55. The molecular weight excluding hydrogens is 504 g/mol. The van der Waals surface area contributed by atoms with Gasteiger partial charge in [-0.2, -0.15) is 0 Å². The summed E-state index contributed by atoms with van der Waals surface area (Å²) in [5, 5.41) is 11.3. The summed E-state index contributed by atoms with van der Waals surface area (Å²) >= 11 is 1.85. The zero-order chi connectivity index (χ0) is 26.2. The molecule has 7 aromatic carbocycles. The van der Waals surface area contributed by atoms with Crippen LogP contribution in [0.2, 0.25) is 0 Å². The number of benzene rings is 7. The minimum Gasteiger partial charge on any atom is -0.464 e. The largest absolute Gasteiger partial charge is 0.464 e. The Morgan fingerprint density at radius 3 is 1.73 bits per heavy atom. The molecule has 0 amide bonds. The molecule has 9 aromatic rings. The second-order valence-corrected chi connectivity index (χ2v) is 11.6. The molecule has 2 aromatic heterocycles. The lowest BCUT2D eigenvalue weighted by molar-refractivity contribution is 0.616. The molecule has 0 N–H and O–H groups in total. The van der Waals surface area contributed by atoms with Crippen molar-refractivity contribution in [2.24, 2.45) is 0 Å². The Bertz CT molecular complexity index is 2380. The Labute approximate surface area is 234 Å². The fourth-order valence-corrected chi connectivity index (χ4v) is 7.60. The maximum atomic E-state index is 5.76. The number of rotatable bonds is 2. The van der Waals surface area contributed by atoms with Gasteiger partial charge in [0, 0.05) is 25.6 Å². The van der Waals surface area contributed by atoms with Crippen LogP contribution in [0.3, 0.4) is 0 Å². The van der Waals surface area contributed by atoms with Crippen molar-refractivity contribution in [3.63, 3.8) is 0 Å². The monoisotopic (exact) mass is 526 g/mol. The van der Waals surface area contributed by atoms with E-state index in [1.807, 2.05) is 17.4 Å². The van der Waals surface area contributed by atoms with E-state index in [2.05, 4.69) is 121 Å². The highest BCUT2D eigenvalue weighted by Gasteiger charge is 2.18. The molecule has 0 radical (unpaired) electrons. The molecule has 0 atom stereocenters. The molecule has 0 fully saturated rings. The van der Waals surface area contributed by atoms with Crippen LogP contribution in [0.15, 0.2) is 138 Å². The number of furan rings is 1. The van der Waals surface area contributed by atoms with E-state index in [-0.39, 0.29) is 0 Å². The molecule has 186 valence electrons. The van der Waals surface area contributed by atoms with E-state index in [9.17, 15) is 0 Å². The SMILES string of the molecule is c1ccc2cc(-c3c4ccccc4c(-c4ccc5sc6cc7ccoc7cc6c5c4)c4ccccc34)ccc2c1. The van der Waals surface area contributed by atoms with E-state index >= 15 is 0 Å². The van der Waals surface area contributed by atoms with Crippen molar-refractivity contribution in [1.82, 2.24) is 0 Å². The van der Waals surface area contributed by atoms with E-state index in [4.69, 9.17) is 4.42 Å². The fourth-order valence-electron chi connectivity index (χ4n) is 6.48. The third-order valence-corrected chi connectivity index (χ3v) is 9.44. The molecule has 0 saturated carbocycles. The minimum atomic E-state index is 0.938. The molecule has 1 nitrogen and oxygen atoms in total. The van der Waals surface area contributed by atoms with Crippen LogP contribution in [0.1, 0.15) is 0 Å². The first-order valence-corrected chi connectivity index (χ1v) is 14.4. The average Bonchev–Trinajstić information content (AvgIpc) is 3.61. The Hall–Kier alpha value is -4.92. The molecule has 0 aliphatic rings. The van der Waals surface area contributed by atoms with Gasteiger partial charge in [0.1, 0.15) is 5.58 Å². The molecule has 0 bridgehead atoms. The van der Waals surface area contributed by atoms with Crippen molar-refractivity contribution in [3.05, 3.63) is 134 Å². The van der Waals surface area contributed by atoms with Gasteiger partial charge in [0.15, 0.2) is 0 Å². The van der Waals surface area contributed by atoms with Crippen molar-refractivity contribution in [3.8, 4) is 22.3 Å². The van der Waals surface area contributed by atoms with Crippen molar-refractivity contribution >= 4 is 74.8 Å². The fraction of sp³-hybridized carbons (Fsp3) is 0. The van der Waals surface area contributed by atoms with Crippen molar-refractivity contribution in [2.75, 3.05) is 0 Å². The molecule has 0 unspecified atom stereocenters. The summed E-state index contributed by atoms with van der Waals surface area (Å²) in [4.78, 5) is 0. The molecule has 0 saturated heterocycles. The van der Waals surface area contributed by atoms with Gasteiger partial charge in [-0.3, -0.25) is 0 Å². The van der Waals surface area contributed by atoms with Crippen LogP contribution in [0.5, 0.6) is 0 Å². The number of thiophene rings is 1. The van der Waals surface area contributed by atoms with Gasteiger partial charge in [0.05, 0.1) is 6.26 Å². The number of hydrogen-bond donors (Lipinski definition) is 0. The molecule has 0 aliphatic heterocycles. The summed E-state index contributed by atoms with van der Waals surface area (Å²) in [5.74, 6) is 0. The van der Waals surface area contributed by atoms with Gasteiger partial charge in [-0.15, -0.1) is 11.3 Å². The lowest BCUT2D eigenvalue weighted by Crippen LogP contribution is -1.91. The molecule has 2 heteroatoms. The van der Waals surface area contributed by atoms with Gasteiger partial charge in [-0.05, 0) is 91.0 Å². The van der Waals surface area contributed by atoms with Crippen LogP contribution in [-0.4, -0.2) is 0 Å².